The fraction of sp³-hybridized carbons (Fsp3) is 0.650. The van der Waals surface area contributed by atoms with Crippen molar-refractivity contribution in [1.82, 2.24) is 20.9 Å². The van der Waals surface area contributed by atoms with Gasteiger partial charge >= 0.3 is 6.03 Å². The first-order valence-corrected chi connectivity index (χ1v) is 10.2. The summed E-state index contributed by atoms with van der Waals surface area (Å²) in [6, 6.07) is 3.50. The molecule has 4 atom stereocenters. The minimum Gasteiger partial charge on any atom is -0.388 e. The van der Waals surface area contributed by atoms with E-state index in [1.54, 1.807) is 18.5 Å². The number of aliphatic hydroxyl groups excluding tert-OH is 2. The first kappa shape index (κ1) is 21.5. The molecule has 2 fully saturated rings. The standard InChI is InChI=1S/C20H30N4O5/c25-17(22-11-13-5-4-8-21-10-13)9-15-18(26)19(27)16(29-15)12-23-20(28)24-14-6-2-1-3-7-14/h4-5,8,10,14-16,18-19,26-27H,1-3,6-7,9,11-12H2,(H,22,25)(H2,23,24,28). The molecule has 9 heteroatoms. The largest absolute Gasteiger partial charge is 0.388 e. The zero-order valence-corrected chi connectivity index (χ0v) is 16.4. The Balaban J connectivity index is 1.39. The lowest BCUT2D eigenvalue weighted by atomic mass is 9.96. The summed E-state index contributed by atoms with van der Waals surface area (Å²) in [5, 5.41) is 28.7. The van der Waals surface area contributed by atoms with Crippen LogP contribution in [0.25, 0.3) is 0 Å². The van der Waals surface area contributed by atoms with Gasteiger partial charge in [-0.05, 0) is 24.5 Å². The molecule has 29 heavy (non-hydrogen) atoms. The smallest absolute Gasteiger partial charge is 0.315 e. The van der Waals surface area contributed by atoms with E-state index in [0.29, 0.717) is 6.54 Å². The molecule has 2 aliphatic rings. The first-order chi connectivity index (χ1) is 14.0. The number of carbonyl (C=O) groups is 2. The van der Waals surface area contributed by atoms with Gasteiger partial charge in [0.15, 0.2) is 0 Å². The van der Waals surface area contributed by atoms with Crippen LogP contribution in [0.2, 0.25) is 0 Å². The van der Waals surface area contributed by atoms with Gasteiger partial charge < -0.3 is 30.9 Å². The summed E-state index contributed by atoms with van der Waals surface area (Å²) in [5.74, 6) is -0.297. The van der Waals surface area contributed by atoms with Gasteiger partial charge in [-0.3, -0.25) is 9.78 Å². The summed E-state index contributed by atoms with van der Waals surface area (Å²) in [6.45, 7) is 0.384. The maximum atomic E-state index is 12.1. The van der Waals surface area contributed by atoms with E-state index in [0.717, 1.165) is 31.2 Å². The molecule has 3 rings (SSSR count). The number of carbonyl (C=O) groups excluding carboxylic acids is 2. The summed E-state index contributed by atoms with van der Waals surface area (Å²) in [7, 11) is 0. The highest BCUT2D eigenvalue weighted by molar-refractivity contribution is 5.76. The molecule has 5 N–H and O–H groups in total. The second-order valence-corrected chi connectivity index (χ2v) is 7.73. The van der Waals surface area contributed by atoms with Crippen LogP contribution in [0.4, 0.5) is 4.79 Å². The van der Waals surface area contributed by atoms with Crippen molar-refractivity contribution in [3.8, 4) is 0 Å². The van der Waals surface area contributed by atoms with Gasteiger partial charge in [0.1, 0.15) is 18.3 Å². The van der Waals surface area contributed by atoms with Crippen LogP contribution >= 0.6 is 0 Å². The van der Waals surface area contributed by atoms with Gasteiger partial charge in [0.2, 0.25) is 5.91 Å². The number of amides is 3. The molecule has 2 heterocycles. The normalized spacial score (nSPS) is 27.4. The molecular formula is C20H30N4O5. The third kappa shape index (κ3) is 6.38. The Kier molecular flexibility index (Phi) is 7.79. The summed E-state index contributed by atoms with van der Waals surface area (Å²) >= 11 is 0. The van der Waals surface area contributed by atoms with Gasteiger partial charge in [0, 0.05) is 31.5 Å². The summed E-state index contributed by atoms with van der Waals surface area (Å²) in [6.07, 6.45) is 4.68. The average molecular weight is 406 g/mol. The van der Waals surface area contributed by atoms with Crippen molar-refractivity contribution < 1.29 is 24.5 Å². The van der Waals surface area contributed by atoms with E-state index in [9.17, 15) is 19.8 Å². The lowest BCUT2D eigenvalue weighted by molar-refractivity contribution is -0.125. The second-order valence-electron chi connectivity index (χ2n) is 7.73. The molecule has 4 unspecified atom stereocenters. The van der Waals surface area contributed by atoms with Crippen molar-refractivity contribution in [1.29, 1.82) is 0 Å². The second kappa shape index (κ2) is 10.5. The lowest BCUT2D eigenvalue weighted by Crippen LogP contribution is -2.47. The van der Waals surface area contributed by atoms with Crippen LogP contribution in [0.1, 0.15) is 44.1 Å². The quantitative estimate of drug-likeness (QED) is 0.440. The van der Waals surface area contributed by atoms with E-state index >= 15 is 0 Å². The predicted octanol–water partition coefficient (Wildman–Crippen LogP) is 0.209. The highest BCUT2D eigenvalue weighted by atomic mass is 16.5. The number of ether oxygens (including phenoxy) is 1. The first-order valence-electron chi connectivity index (χ1n) is 10.2. The maximum Gasteiger partial charge on any atom is 0.315 e. The number of nitrogens with zero attached hydrogens (tertiary/aromatic N) is 1. The van der Waals surface area contributed by atoms with Gasteiger partial charge in [0.25, 0.3) is 0 Å². The van der Waals surface area contributed by atoms with Crippen LogP contribution in [0.15, 0.2) is 24.5 Å². The predicted molar refractivity (Wildman–Crippen MR) is 105 cm³/mol. The van der Waals surface area contributed by atoms with Crippen LogP contribution in [0, 0.1) is 0 Å². The van der Waals surface area contributed by atoms with Crippen LogP contribution in [-0.2, 0) is 16.1 Å². The van der Waals surface area contributed by atoms with Crippen LogP contribution in [0.3, 0.4) is 0 Å². The number of pyridine rings is 1. The molecule has 0 bridgehead atoms. The van der Waals surface area contributed by atoms with Gasteiger partial charge in [-0.25, -0.2) is 4.79 Å². The highest BCUT2D eigenvalue weighted by Crippen LogP contribution is 2.23. The number of rotatable bonds is 7. The molecule has 0 spiro atoms. The molecular weight excluding hydrogens is 376 g/mol. The van der Waals surface area contributed by atoms with Crippen LogP contribution in [-0.4, -0.2) is 64.1 Å². The number of urea groups is 1. The van der Waals surface area contributed by atoms with Gasteiger partial charge in [0.05, 0.1) is 12.5 Å². The Labute approximate surface area is 170 Å². The molecule has 160 valence electrons. The fourth-order valence-corrected chi connectivity index (χ4v) is 3.80. The third-order valence-corrected chi connectivity index (χ3v) is 5.46. The van der Waals surface area contributed by atoms with Gasteiger partial charge in [-0.15, -0.1) is 0 Å². The zero-order chi connectivity index (χ0) is 20.6. The number of nitrogens with one attached hydrogen (secondary N) is 3. The van der Waals surface area contributed by atoms with E-state index in [-0.39, 0.29) is 30.9 Å². The number of hydrogen-bond donors (Lipinski definition) is 5. The molecule has 1 aromatic rings. The molecule has 0 aromatic carbocycles. The minimum atomic E-state index is -1.19. The van der Waals surface area contributed by atoms with Crippen molar-refractivity contribution in [3.05, 3.63) is 30.1 Å². The zero-order valence-electron chi connectivity index (χ0n) is 16.4. The molecule has 1 aromatic heterocycles. The van der Waals surface area contributed by atoms with Crippen molar-refractivity contribution in [2.75, 3.05) is 6.54 Å². The molecule has 1 aliphatic heterocycles. The van der Waals surface area contributed by atoms with E-state index in [2.05, 4.69) is 20.9 Å². The summed E-state index contributed by atoms with van der Waals surface area (Å²) in [5.41, 5.74) is 0.861. The van der Waals surface area contributed by atoms with Crippen molar-refractivity contribution in [3.63, 3.8) is 0 Å². The van der Waals surface area contributed by atoms with Crippen LogP contribution < -0.4 is 16.0 Å². The molecule has 3 amide bonds. The number of hydrogen-bond acceptors (Lipinski definition) is 6. The van der Waals surface area contributed by atoms with Gasteiger partial charge in [-0.1, -0.05) is 25.3 Å². The number of aromatic nitrogens is 1. The van der Waals surface area contributed by atoms with Gasteiger partial charge in [-0.2, -0.15) is 0 Å². The van der Waals surface area contributed by atoms with Crippen molar-refractivity contribution in [2.45, 2.75) is 75.5 Å². The maximum absolute atomic E-state index is 12.1. The van der Waals surface area contributed by atoms with Crippen molar-refractivity contribution >= 4 is 11.9 Å². The fourth-order valence-electron chi connectivity index (χ4n) is 3.80. The van der Waals surface area contributed by atoms with E-state index in [1.807, 2.05) is 6.07 Å². The SMILES string of the molecule is O=C(CC1OC(CNC(=O)NC2CCCCC2)C(O)C1O)NCc1cccnc1. The molecule has 1 aliphatic carbocycles. The average Bonchev–Trinajstić information content (AvgIpc) is 3.00. The Morgan fingerprint density at radius 2 is 1.86 bits per heavy atom. The molecule has 0 radical (unpaired) electrons. The molecule has 9 nitrogen and oxygen atoms in total. The van der Waals surface area contributed by atoms with E-state index in [4.69, 9.17) is 4.74 Å². The number of aliphatic hydroxyl groups is 2. The summed E-state index contributed by atoms with van der Waals surface area (Å²) in [4.78, 5) is 28.2. The molecule has 1 saturated carbocycles. The Hall–Kier alpha value is -2.23. The Morgan fingerprint density at radius 1 is 1.10 bits per heavy atom. The Bertz CT molecular complexity index is 668. The Morgan fingerprint density at radius 3 is 2.59 bits per heavy atom. The third-order valence-electron chi connectivity index (χ3n) is 5.46. The van der Waals surface area contributed by atoms with E-state index < -0.39 is 24.4 Å². The topological polar surface area (TPSA) is 133 Å². The highest BCUT2D eigenvalue weighted by Gasteiger charge is 2.43. The van der Waals surface area contributed by atoms with Crippen molar-refractivity contribution in [2.24, 2.45) is 0 Å². The van der Waals surface area contributed by atoms with Crippen LogP contribution in [0.5, 0.6) is 0 Å². The van der Waals surface area contributed by atoms with E-state index in [1.165, 1.54) is 6.42 Å². The minimum absolute atomic E-state index is 0.0601. The molecule has 1 saturated heterocycles. The summed E-state index contributed by atoms with van der Waals surface area (Å²) < 4.78 is 5.63. The lowest BCUT2D eigenvalue weighted by Gasteiger charge is -2.23. The monoisotopic (exact) mass is 406 g/mol.